The lowest BCUT2D eigenvalue weighted by Crippen LogP contribution is -2.28. The number of hydrogen-bond donors (Lipinski definition) is 2. The van der Waals surface area contributed by atoms with Crippen LogP contribution in [0.3, 0.4) is 0 Å². The first-order valence-corrected chi connectivity index (χ1v) is 7.06. The third-order valence-electron chi connectivity index (χ3n) is 3.80. The van der Waals surface area contributed by atoms with Gasteiger partial charge in [0.15, 0.2) is 0 Å². The van der Waals surface area contributed by atoms with Crippen LogP contribution < -0.4 is 10.6 Å². The summed E-state index contributed by atoms with van der Waals surface area (Å²) in [6.45, 7) is 5.42. The number of amides is 1. The van der Waals surface area contributed by atoms with Crippen molar-refractivity contribution in [2.75, 3.05) is 18.4 Å². The maximum atomic E-state index is 12.4. The van der Waals surface area contributed by atoms with Crippen LogP contribution in [0.1, 0.15) is 12.8 Å². The third kappa shape index (κ3) is 2.80. The van der Waals surface area contributed by atoms with Gasteiger partial charge in [0.25, 0.3) is 0 Å². The summed E-state index contributed by atoms with van der Waals surface area (Å²) in [7, 11) is 0. The topological polar surface area (TPSA) is 80.0 Å². The van der Waals surface area contributed by atoms with Gasteiger partial charge >= 0.3 is 0 Å². The molecule has 1 aromatic heterocycles. The first kappa shape index (κ1) is 13.8. The molecule has 6 nitrogen and oxygen atoms in total. The standard InChI is InChI=1S/C15H18N4O2/c1-9-7-16-8-12(9)14(20)17-13-6-4-3-5-11(13)15-19-18-10(2)21-15/h3-6,9,12,16H,7-8H2,1-2H3,(H,17,20). The molecule has 1 fully saturated rings. The molecule has 21 heavy (non-hydrogen) atoms. The predicted molar refractivity (Wildman–Crippen MR) is 78.6 cm³/mol. The van der Waals surface area contributed by atoms with Crippen molar-refractivity contribution in [3.8, 4) is 11.5 Å². The second-order valence-electron chi connectivity index (χ2n) is 5.40. The lowest BCUT2D eigenvalue weighted by Gasteiger charge is -2.15. The van der Waals surface area contributed by atoms with Gasteiger partial charge in [0.1, 0.15) is 0 Å². The van der Waals surface area contributed by atoms with Gasteiger partial charge < -0.3 is 15.1 Å². The van der Waals surface area contributed by atoms with E-state index in [1.54, 1.807) is 6.92 Å². The number of hydrogen-bond acceptors (Lipinski definition) is 5. The molecule has 1 aromatic carbocycles. The molecule has 0 bridgehead atoms. The molecule has 1 aliphatic heterocycles. The Kier molecular flexibility index (Phi) is 3.70. The SMILES string of the molecule is Cc1nnc(-c2ccccc2NC(=O)C2CNCC2C)o1. The van der Waals surface area contributed by atoms with E-state index in [1.165, 1.54) is 0 Å². The molecule has 3 rings (SSSR count). The highest BCUT2D eigenvalue weighted by Gasteiger charge is 2.30. The van der Waals surface area contributed by atoms with Gasteiger partial charge in [0.05, 0.1) is 17.2 Å². The van der Waals surface area contributed by atoms with E-state index in [2.05, 4.69) is 27.8 Å². The molecule has 2 N–H and O–H groups in total. The van der Waals surface area contributed by atoms with E-state index in [4.69, 9.17) is 4.42 Å². The Hall–Kier alpha value is -2.21. The summed E-state index contributed by atoms with van der Waals surface area (Å²) < 4.78 is 5.45. The number of benzene rings is 1. The van der Waals surface area contributed by atoms with Crippen LogP contribution in [0.15, 0.2) is 28.7 Å². The van der Waals surface area contributed by atoms with Gasteiger partial charge in [0.2, 0.25) is 17.7 Å². The van der Waals surface area contributed by atoms with E-state index in [0.29, 0.717) is 23.4 Å². The van der Waals surface area contributed by atoms with Gasteiger partial charge in [-0.3, -0.25) is 4.79 Å². The zero-order valence-corrected chi connectivity index (χ0v) is 12.1. The molecule has 0 radical (unpaired) electrons. The van der Waals surface area contributed by atoms with Crippen molar-refractivity contribution in [2.24, 2.45) is 11.8 Å². The van der Waals surface area contributed by atoms with Crippen molar-refractivity contribution in [1.82, 2.24) is 15.5 Å². The number of carbonyl (C=O) groups is 1. The quantitative estimate of drug-likeness (QED) is 0.900. The van der Waals surface area contributed by atoms with Gasteiger partial charge in [-0.15, -0.1) is 10.2 Å². The van der Waals surface area contributed by atoms with Crippen molar-refractivity contribution in [2.45, 2.75) is 13.8 Å². The van der Waals surface area contributed by atoms with E-state index in [-0.39, 0.29) is 11.8 Å². The fraction of sp³-hybridized carbons (Fsp3) is 0.400. The van der Waals surface area contributed by atoms with Crippen molar-refractivity contribution in [3.05, 3.63) is 30.2 Å². The number of nitrogens with zero attached hydrogens (tertiary/aromatic N) is 2. The largest absolute Gasteiger partial charge is 0.421 e. The summed E-state index contributed by atoms with van der Waals surface area (Å²) in [4.78, 5) is 12.4. The monoisotopic (exact) mass is 286 g/mol. The van der Waals surface area contributed by atoms with Crippen LogP contribution >= 0.6 is 0 Å². The number of carbonyl (C=O) groups excluding carboxylic acids is 1. The summed E-state index contributed by atoms with van der Waals surface area (Å²) in [5.74, 6) is 1.27. The number of aryl methyl sites for hydroxylation is 1. The van der Waals surface area contributed by atoms with Gasteiger partial charge in [0, 0.05) is 13.5 Å². The van der Waals surface area contributed by atoms with E-state index in [0.717, 1.165) is 18.7 Å². The van der Waals surface area contributed by atoms with Crippen molar-refractivity contribution in [1.29, 1.82) is 0 Å². The molecule has 110 valence electrons. The Morgan fingerprint density at radius 3 is 2.81 bits per heavy atom. The van der Waals surface area contributed by atoms with Crippen LogP contribution in [0.2, 0.25) is 0 Å². The first-order valence-electron chi connectivity index (χ1n) is 7.06. The molecule has 2 heterocycles. The molecule has 2 unspecified atom stereocenters. The molecule has 6 heteroatoms. The van der Waals surface area contributed by atoms with Crippen LogP contribution in [-0.2, 0) is 4.79 Å². The summed E-state index contributed by atoms with van der Waals surface area (Å²) in [5, 5.41) is 14.1. The number of para-hydroxylation sites is 1. The Morgan fingerprint density at radius 1 is 1.33 bits per heavy atom. The predicted octanol–water partition coefficient (Wildman–Crippen LogP) is 1.84. The molecule has 1 saturated heterocycles. The summed E-state index contributed by atoms with van der Waals surface area (Å²) >= 11 is 0. The fourth-order valence-corrected chi connectivity index (χ4v) is 2.57. The minimum Gasteiger partial charge on any atom is -0.421 e. The van der Waals surface area contributed by atoms with Crippen LogP contribution in [0.25, 0.3) is 11.5 Å². The van der Waals surface area contributed by atoms with E-state index >= 15 is 0 Å². The molecular weight excluding hydrogens is 268 g/mol. The highest BCUT2D eigenvalue weighted by Crippen LogP contribution is 2.28. The minimum atomic E-state index is -0.0116. The first-order chi connectivity index (χ1) is 10.1. The van der Waals surface area contributed by atoms with Crippen molar-refractivity contribution in [3.63, 3.8) is 0 Å². The fourth-order valence-electron chi connectivity index (χ4n) is 2.57. The van der Waals surface area contributed by atoms with Crippen LogP contribution in [0.5, 0.6) is 0 Å². The van der Waals surface area contributed by atoms with Gasteiger partial charge in [-0.25, -0.2) is 0 Å². The number of nitrogens with one attached hydrogen (secondary N) is 2. The summed E-state index contributed by atoms with van der Waals surface area (Å²) in [6.07, 6.45) is 0. The smallest absolute Gasteiger partial charge is 0.249 e. The highest BCUT2D eigenvalue weighted by molar-refractivity contribution is 5.96. The molecule has 1 amide bonds. The van der Waals surface area contributed by atoms with E-state index in [9.17, 15) is 4.79 Å². The van der Waals surface area contributed by atoms with Crippen LogP contribution in [0, 0.1) is 18.8 Å². The molecular formula is C15H18N4O2. The van der Waals surface area contributed by atoms with Crippen LogP contribution in [-0.4, -0.2) is 29.2 Å². The third-order valence-corrected chi connectivity index (χ3v) is 3.80. The average molecular weight is 286 g/mol. The highest BCUT2D eigenvalue weighted by atomic mass is 16.4. The second kappa shape index (κ2) is 5.65. The maximum absolute atomic E-state index is 12.4. The lowest BCUT2D eigenvalue weighted by atomic mass is 9.97. The van der Waals surface area contributed by atoms with Crippen molar-refractivity contribution >= 4 is 11.6 Å². The normalized spacial score (nSPS) is 21.4. The van der Waals surface area contributed by atoms with E-state index < -0.39 is 0 Å². The Labute approximate surface area is 123 Å². The average Bonchev–Trinajstić information content (AvgIpc) is 3.08. The minimum absolute atomic E-state index is 0.0116. The number of aromatic nitrogens is 2. The zero-order valence-electron chi connectivity index (χ0n) is 12.1. The lowest BCUT2D eigenvalue weighted by molar-refractivity contribution is -0.120. The van der Waals surface area contributed by atoms with E-state index in [1.807, 2.05) is 24.3 Å². The second-order valence-corrected chi connectivity index (χ2v) is 5.40. The zero-order chi connectivity index (χ0) is 14.8. The number of anilines is 1. The molecule has 2 aromatic rings. The maximum Gasteiger partial charge on any atom is 0.249 e. The van der Waals surface area contributed by atoms with Gasteiger partial charge in [-0.1, -0.05) is 19.1 Å². The Bertz CT molecular complexity index is 653. The molecule has 1 aliphatic rings. The molecule has 0 spiro atoms. The van der Waals surface area contributed by atoms with Gasteiger partial charge in [-0.05, 0) is 24.6 Å². The summed E-state index contributed by atoms with van der Waals surface area (Å²) in [6, 6.07) is 7.46. The summed E-state index contributed by atoms with van der Waals surface area (Å²) in [5.41, 5.74) is 1.44. The van der Waals surface area contributed by atoms with Gasteiger partial charge in [-0.2, -0.15) is 0 Å². The molecule has 0 saturated carbocycles. The van der Waals surface area contributed by atoms with Crippen molar-refractivity contribution < 1.29 is 9.21 Å². The number of rotatable bonds is 3. The Morgan fingerprint density at radius 2 is 2.14 bits per heavy atom. The molecule has 0 aliphatic carbocycles. The Balaban J connectivity index is 1.84. The molecule has 2 atom stereocenters. The van der Waals surface area contributed by atoms with Crippen LogP contribution in [0.4, 0.5) is 5.69 Å².